The number of fused-ring (bicyclic) bond motifs is 1. The van der Waals surface area contributed by atoms with Crippen LogP contribution in [0.25, 0.3) is 0 Å². The summed E-state index contributed by atoms with van der Waals surface area (Å²) in [6.07, 6.45) is 0.228. The third-order valence-corrected chi connectivity index (χ3v) is 5.58. The Morgan fingerprint density at radius 1 is 1.16 bits per heavy atom. The van der Waals surface area contributed by atoms with E-state index in [1.54, 1.807) is 19.2 Å². The lowest BCUT2D eigenvalue weighted by Crippen LogP contribution is -2.28. The summed E-state index contributed by atoms with van der Waals surface area (Å²) in [6, 6.07) is 12.3. The van der Waals surface area contributed by atoms with E-state index in [-0.39, 0.29) is 30.4 Å². The molecule has 1 heterocycles. The third-order valence-electron chi connectivity index (χ3n) is 4.12. The van der Waals surface area contributed by atoms with Crippen molar-refractivity contribution in [3.05, 3.63) is 53.6 Å². The summed E-state index contributed by atoms with van der Waals surface area (Å²) in [5.41, 5.74) is 2.62. The SMILES string of the molecule is Cc1ccc(OCCNS(=O)(=O)c2ccc3c(c2)CC(=O)N3C)cc1. The molecule has 0 saturated heterocycles. The van der Waals surface area contributed by atoms with Gasteiger partial charge in [0.15, 0.2) is 0 Å². The molecule has 2 aromatic carbocycles. The molecule has 2 aromatic rings. The molecular formula is C18H20N2O4S. The van der Waals surface area contributed by atoms with Crippen LogP contribution in [-0.4, -0.2) is 34.5 Å². The lowest BCUT2D eigenvalue weighted by molar-refractivity contribution is -0.117. The van der Waals surface area contributed by atoms with Gasteiger partial charge >= 0.3 is 0 Å². The standard InChI is InChI=1S/C18H20N2O4S/c1-13-3-5-15(6-4-13)24-10-9-19-25(22,23)16-7-8-17-14(11-16)12-18(21)20(17)2/h3-8,11,19H,9-10,12H2,1-2H3. The van der Waals surface area contributed by atoms with Gasteiger partial charge in [0.2, 0.25) is 15.9 Å². The van der Waals surface area contributed by atoms with Crippen LogP contribution in [0.1, 0.15) is 11.1 Å². The Kier molecular flexibility index (Phi) is 4.78. The highest BCUT2D eigenvalue weighted by Gasteiger charge is 2.26. The summed E-state index contributed by atoms with van der Waals surface area (Å²) >= 11 is 0. The molecule has 0 atom stereocenters. The Labute approximate surface area is 147 Å². The van der Waals surface area contributed by atoms with Gasteiger partial charge in [0.05, 0.1) is 11.3 Å². The molecule has 132 valence electrons. The highest BCUT2D eigenvalue weighted by atomic mass is 32.2. The predicted octanol–water partition coefficient (Wildman–Crippen LogP) is 1.87. The molecule has 0 fully saturated rings. The summed E-state index contributed by atoms with van der Waals surface area (Å²) < 4.78 is 32.8. The van der Waals surface area contributed by atoms with Crippen LogP contribution < -0.4 is 14.4 Å². The largest absolute Gasteiger partial charge is 0.492 e. The zero-order valence-electron chi connectivity index (χ0n) is 14.2. The molecule has 25 heavy (non-hydrogen) atoms. The van der Waals surface area contributed by atoms with Crippen molar-refractivity contribution in [2.24, 2.45) is 0 Å². The molecule has 6 nitrogen and oxygen atoms in total. The normalized spacial score (nSPS) is 13.8. The highest BCUT2D eigenvalue weighted by molar-refractivity contribution is 7.89. The maximum atomic E-state index is 12.4. The second kappa shape index (κ2) is 6.85. The van der Waals surface area contributed by atoms with Crippen molar-refractivity contribution in [3.63, 3.8) is 0 Å². The number of nitrogens with zero attached hydrogens (tertiary/aromatic N) is 1. The highest BCUT2D eigenvalue weighted by Crippen LogP contribution is 2.29. The zero-order valence-corrected chi connectivity index (χ0v) is 15.0. The minimum absolute atomic E-state index is 0.0380. The Morgan fingerprint density at radius 2 is 1.88 bits per heavy atom. The van der Waals surface area contributed by atoms with Crippen molar-refractivity contribution in [2.45, 2.75) is 18.2 Å². The van der Waals surface area contributed by atoms with Gasteiger partial charge in [-0.2, -0.15) is 0 Å². The number of benzene rings is 2. The molecule has 0 unspecified atom stereocenters. The van der Waals surface area contributed by atoms with E-state index in [4.69, 9.17) is 4.74 Å². The fraction of sp³-hybridized carbons (Fsp3) is 0.278. The molecular weight excluding hydrogens is 340 g/mol. The number of aryl methyl sites for hydroxylation is 1. The maximum Gasteiger partial charge on any atom is 0.240 e. The van der Waals surface area contributed by atoms with Crippen molar-refractivity contribution < 1.29 is 17.9 Å². The summed E-state index contributed by atoms with van der Waals surface area (Å²) in [6.45, 7) is 2.38. The van der Waals surface area contributed by atoms with Crippen molar-refractivity contribution in [2.75, 3.05) is 25.1 Å². The smallest absolute Gasteiger partial charge is 0.240 e. The van der Waals surface area contributed by atoms with E-state index < -0.39 is 10.0 Å². The van der Waals surface area contributed by atoms with Gasteiger partial charge in [-0.15, -0.1) is 0 Å². The number of nitrogens with one attached hydrogen (secondary N) is 1. The van der Waals surface area contributed by atoms with Crippen LogP contribution in [0.4, 0.5) is 5.69 Å². The van der Waals surface area contributed by atoms with Gasteiger partial charge in [0, 0.05) is 19.3 Å². The summed E-state index contributed by atoms with van der Waals surface area (Å²) in [5.74, 6) is 0.660. The summed E-state index contributed by atoms with van der Waals surface area (Å²) in [4.78, 5) is 13.4. The molecule has 0 aromatic heterocycles. The molecule has 1 N–H and O–H groups in total. The van der Waals surface area contributed by atoms with E-state index in [9.17, 15) is 13.2 Å². The van der Waals surface area contributed by atoms with Crippen LogP contribution in [0.15, 0.2) is 47.4 Å². The monoisotopic (exact) mass is 360 g/mol. The number of likely N-dealkylation sites (N-methyl/N-ethyl adjacent to an activating group) is 1. The first-order valence-corrected chi connectivity index (χ1v) is 9.44. The van der Waals surface area contributed by atoms with E-state index in [1.807, 2.05) is 31.2 Å². The van der Waals surface area contributed by atoms with Gasteiger partial charge in [0.25, 0.3) is 0 Å². The minimum atomic E-state index is -3.64. The molecule has 0 saturated carbocycles. The number of hydrogen-bond donors (Lipinski definition) is 1. The number of carbonyl (C=O) groups excluding carboxylic acids is 1. The van der Waals surface area contributed by atoms with Gasteiger partial charge in [-0.25, -0.2) is 13.1 Å². The van der Waals surface area contributed by atoms with Crippen LogP contribution in [0.2, 0.25) is 0 Å². The molecule has 3 rings (SSSR count). The number of carbonyl (C=O) groups is 1. The topological polar surface area (TPSA) is 75.7 Å². The third kappa shape index (κ3) is 3.83. The quantitative estimate of drug-likeness (QED) is 0.798. The average molecular weight is 360 g/mol. The molecule has 1 aliphatic rings. The Hall–Kier alpha value is -2.38. The van der Waals surface area contributed by atoms with Gasteiger partial charge in [-0.05, 0) is 42.8 Å². The van der Waals surface area contributed by atoms with E-state index in [1.165, 1.54) is 11.0 Å². The second-order valence-electron chi connectivity index (χ2n) is 5.98. The fourth-order valence-corrected chi connectivity index (χ4v) is 3.74. The first kappa shape index (κ1) is 17.4. The van der Waals surface area contributed by atoms with E-state index in [2.05, 4.69) is 4.72 Å². The number of hydrogen-bond acceptors (Lipinski definition) is 4. The molecule has 1 amide bonds. The number of sulfonamides is 1. The lowest BCUT2D eigenvalue weighted by atomic mass is 10.2. The Morgan fingerprint density at radius 3 is 2.60 bits per heavy atom. The lowest BCUT2D eigenvalue weighted by Gasteiger charge is -2.12. The average Bonchev–Trinajstić information content (AvgIpc) is 2.87. The van der Waals surface area contributed by atoms with Gasteiger partial charge in [-0.3, -0.25) is 4.79 Å². The Bertz CT molecular complexity index is 892. The minimum Gasteiger partial charge on any atom is -0.492 e. The molecule has 0 aliphatic carbocycles. The second-order valence-corrected chi connectivity index (χ2v) is 7.75. The number of ether oxygens (including phenoxy) is 1. The van der Waals surface area contributed by atoms with Crippen LogP contribution >= 0.6 is 0 Å². The Balaban J connectivity index is 1.60. The molecule has 0 radical (unpaired) electrons. The molecule has 0 bridgehead atoms. The van der Waals surface area contributed by atoms with Gasteiger partial charge in [-0.1, -0.05) is 17.7 Å². The number of anilines is 1. The van der Waals surface area contributed by atoms with Crippen molar-refractivity contribution in [1.82, 2.24) is 4.72 Å². The fourth-order valence-electron chi connectivity index (χ4n) is 2.68. The van der Waals surface area contributed by atoms with Crippen molar-refractivity contribution in [1.29, 1.82) is 0 Å². The first-order valence-electron chi connectivity index (χ1n) is 7.95. The van der Waals surface area contributed by atoms with Gasteiger partial charge < -0.3 is 9.64 Å². The summed E-state index contributed by atoms with van der Waals surface area (Å²) in [7, 11) is -1.95. The predicted molar refractivity (Wildman–Crippen MR) is 95.4 cm³/mol. The van der Waals surface area contributed by atoms with E-state index in [0.717, 1.165) is 16.8 Å². The van der Waals surface area contributed by atoms with Crippen molar-refractivity contribution in [3.8, 4) is 5.75 Å². The number of amides is 1. The van der Waals surface area contributed by atoms with Crippen LogP contribution in [0.5, 0.6) is 5.75 Å². The summed E-state index contributed by atoms with van der Waals surface area (Å²) in [5, 5.41) is 0. The first-order chi connectivity index (χ1) is 11.9. The van der Waals surface area contributed by atoms with Crippen molar-refractivity contribution >= 4 is 21.6 Å². The number of rotatable bonds is 6. The van der Waals surface area contributed by atoms with Crippen LogP contribution in [0.3, 0.4) is 0 Å². The van der Waals surface area contributed by atoms with Crippen LogP contribution in [0, 0.1) is 6.92 Å². The van der Waals surface area contributed by atoms with E-state index in [0.29, 0.717) is 5.75 Å². The van der Waals surface area contributed by atoms with E-state index >= 15 is 0 Å². The zero-order chi connectivity index (χ0) is 18.0. The molecule has 1 aliphatic heterocycles. The molecule has 0 spiro atoms. The maximum absolute atomic E-state index is 12.4. The van der Waals surface area contributed by atoms with Crippen LogP contribution in [-0.2, 0) is 21.2 Å². The van der Waals surface area contributed by atoms with Gasteiger partial charge in [0.1, 0.15) is 12.4 Å². The molecule has 7 heteroatoms.